The smallest absolute Gasteiger partial charge is 0.122 e. The van der Waals surface area contributed by atoms with Gasteiger partial charge in [0, 0.05) is 6.04 Å². The van der Waals surface area contributed by atoms with Gasteiger partial charge in [0.1, 0.15) is 5.75 Å². The number of hydrogen-bond acceptors (Lipinski definition) is 2. The maximum atomic E-state index is 5.57. The fourth-order valence-electron chi connectivity index (χ4n) is 4.89. The van der Waals surface area contributed by atoms with Crippen LogP contribution in [0.2, 0.25) is 0 Å². The molecule has 2 nitrogen and oxygen atoms in total. The molecular weight excluding hydrogens is 294 g/mol. The van der Waals surface area contributed by atoms with E-state index in [1.54, 1.807) is 7.11 Å². The summed E-state index contributed by atoms with van der Waals surface area (Å²) in [4.78, 5) is 2.78. The van der Waals surface area contributed by atoms with Crippen LogP contribution in [0.4, 0.5) is 0 Å². The van der Waals surface area contributed by atoms with E-state index >= 15 is 0 Å². The van der Waals surface area contributed by atoms with Gasteiger partial charge in [-0.2, -0.15) is 0 Å². The molecule has 1 heterocycles. The number of hydrogen-bond donors (Lipinski definition) is 0. The highest BCUT2D eigenvalue weighted by Crippen LogP contribution is 2.41. The Labute approximate surface area is 148 Å². The minimum Gasteiger partial charge on any atom is -0.496 e. The minimum atomic E-state index is 0.488. The van der Waals surface area contributed by atoms with Crippen LogP contribution in [0.1, 0.15) is 70.8 Å². The molecule has 2 heteroatoms. The molecule has 2 aliphatic rings. The lowest BCUT2D eigenvalue weighted by Crippen LogP contribution is -2.43. The van der Waals surface area contributed by atoms with Gasteiger partial charge in [-0.25, -0.2) is 0 Å². The van der Waals surface area contributed by atoms with Crippen LogP contribution in [0.15, 0.2) is 24.3 Å². The van der Waals surface area contributed by atoms with Gasteiger partial charge in [0.05, 0.1) is 7.11 Å². The summed E-state index contributed by atoms with van der Waals surface area (Å²) in [6.07, 6.45) is 8.20. The van der Waals surface area contributed by atoms with Crippen molar-refractivity contribution in [3.63, 3.8) is 0 Å². The summed E-state index contributed by atoms with van der Waals surface area (Å²) >= 11 is 0. The van der Waals surface area contributed by atoms with Crippen molar-refractivity contribution in [2.45, 2.75) is 71.3 Å². The number of likely N-dealkylation sites (tertiary alicyclic amines) is 1. The monoisotopic (exact) mass is 329 g/mol. The number of methoxy groups -OCH3 is 1. The predicted molar refractivity (Wildman–Crippen MR) is 102 cm³/mol. The first-order valence-corrected chi connectivity index (χ1v) is 9.86. The van der Waals surface area contributed by atoms with Gasteiger partial charge in [-0.15, -0.1) is 0 Å². The maximum absolute atomic E-state index is 5.57. The van der Waals surface area contributed by atoms with Gasteiger partial charge in [-0.3, -0.25) is 0 Å². The number of para-hydroxylation sites is 1. The van der Waals surface area contributed by atoms with Crippen LogP contribution in [0.5, 0.6) is 5.75 Å². The van der Waals surface area contributed by atoms with Gasteiger partial charge in [0.25, 0.3) is 0 Å². The largest absolute Gasteiger partial charge is 0.496 e. The first-order valence-electron chi connectivity index (χ1n) is 9.86. The van der Waals surface area contributed by atoms with Crippen LogP contribution in [0, 0.1) is 11.3 Å². The Morgan fingerprint density at radius 1 is 0.917 bits per heavy atom. The van der Waals surface area contributed by atoms with E-state index in [1.165, 1.54) is 57.2 Å². The highest BCUT2D eigenvalue weighted by atomic mass is 16.5. The summed E-state index contributed by atoms with van der Waals surface area (Å²) in [6.45, 7) is 9.76. The third-order valence-electron chi connectivity index (χ3n) is 6.55. The van der Waals surface area contributed by atoms with E-state index in [2.05, 4.69) is 49.9 Å². The summed E-state index contributed by atoms with van der Waals surface area (Å²) in [6, 6.07) is 9.42. The first kappa shape index (κ1) is 17.8. The van der Waals surface area contributed by atoms with Crippen molar-refractivity contribution in [2.24, 2.45) is 11.3 Å². The van der Waals surface area contributed by atoms with Crippen molar-refractivity contribution >= 4 is 0 Å². The lowest BCUT2D eigenvalue weighted by atomic mass is 9.71. The molecule has 1 aliphatic heterocycles. The first-order chi connectivity index (χ1) is 11.5. The van der Waals surface area contributed by atoms with E-state index in [9.17, 15) is 0 Å². The van der Waals surface area contributed by atoms with E-state index < -0.39 is 0 Å². The zero-order valence-corrected chi connectivity index (χ0v) is 16.1. The molecule has 1 aromatic carbocycles. The summed E-state index contributed by atoms with van der Waals surface area (Å²) in [5.41, 5.74) is 1.90. The zero-order valence-electron chi connectivity index (χ0n) is 16.1. The number of benzene rings is 1. The second-order valence-electron chi connectivity index (χ2n) is 8.92. The topological polar surface area (TPSA) is 12.5 Å². The van der Waals surface area contributed by atoms with Crippen LogP contribution >= 0.6 is 0 Å². The second-order valence-corrected chi connectivity index (χ2v) is 8.92. The quantitative estimate of drug-likeness (QED) is 0.728. The minimum absolute atomic E-state index is 0.488. The normalized spacial score (nSPS) is 27.2. The summed E-state index contributed by atoms with van der Waals surface area (Å²) in [5.74, 6) is 2.66. The van der Waals surface area contributed by atoms with Crippen molar-refractivity contribution in [1.82, 2.24) is 4.90 Å². The molecular formula is C22H35NO. The molecule has 0 amide bonds. The fourth-order valence-corrected chi connectivity index (χ4v) is 4.89. The molecule has 1 aliphatic carbocycles. The molecule has 2 fully saturated rings. The van der Waals surface area contributed by atoms with Crippen molar-refractivity contribution in [3.8, 4) is 5.75 Å². The SMILES string of the molecule is COc1ccccc1C1CCN(C2CCC(C(C)(C)C)CC2)CC1. The fraction of sp³-hybridized carbons (Fsp3) is 0.727. The van der Waals surface area contributed by atoms with E-state index in [-0.39, 0.29) is 0 Å². The molecule has 3 rings (SSSR count). The average molecular weight is 330 g/mol. The van der Waals surface area contributed by atoms with Crippen LogP contribution < -0.4 is 4.74 Å². The van der Waals surface area contributed by atoms with Crippen molar-refractivity contribution < 1.29 is 4.74 Å². The molecule has 0 N–H and O–H groups in total. The van der Waals surface area contributed by atoms with E-state index in [4.69, 9.17) is 4.74 Å². The standard InChI is InChI=1S/C22H35NO/c1-22(2,3)18-9-11-19(12-10-18)23-15-13-17(14-16-23)20-7-5-6-8-21(20)24-4/h5-8,17-19H,9-16H2,1-4H3. The van der Waals surface area contributed by atoms with Gasteiger partial charge in [-0.1, -0.05) is 39.0 Å². The number of piperidine rings is 1. The molecule has 0 atom stereocenters. The number of rotatable bonds is 3. The molecule has 0 aromatic heterocycles. The summed E-state index contributed by atoms with van der Waals surface area (Å²) < 4.78 is 5.57. The summed E-state index contributed by atoms with van der Waals surface area (Å²) in [7, 11) is 1.79. The zero-order chi connectivity index (χ0) is 17.2. The van der Waals surface area contributed by atoms with E-state index in [1.807, 2.05) is 0 Å². The van der Waals surface area contributed by atoms with Gasteiger partial charge >= 0.3 is 0 Å². The third-order valence-corrected chi connectivity index (χ3v) is 6.55. The van der Waals surface area contributed by atoms with Crippen molar-refractivity contribution in [3.05, 3.63) is 29.8 Å². The molecule has 134 valence electrons. The highest BCUT2D eigenvalue weighted by molar-refractivity contribution is 5.36. The Bertz CT molecular complexity index is 517. The van der Waals surface area contributed by atoms with Crippen LogP contribution in [-0.2, 0) is 0 Å². The third kappa shape index (κ3) is 3.96. The molecule has 1 aromatic rings. The summed E-state index contributed by atoms with van der Waals surface area (Å²) in [5, 5.41) is 0. The Morgan fingerprint density at radius 2 is 1.54 bits per heavy atom. The Balaban J connectivity index is 1.53. The van der Waals surface area contributed by atoms with Crippen molar-refractivity contribution in [2.75, 3.05) is 20.2 Å². The molecule has 0 bridgehead atoms. The number of nitrogens with zero attached hydrogens (tertiary/aromatic N) is 1. The van der Waals surface area contributed by atoms with E-state index in [0.717, 1.165) is 17.7 Å². The lowest BCUT2D eigenvalue weighted by molar-refractivity contribution is 0.0784. The average Bonchev–Trinajstić information content (AvgIpc) is 2.61. The molecule has 24 heavy (non-hydrogen) atoms. The Hall–Kier alpha value is -1.02. The number of ether oxygens (including phenoxy) is 1. The molecule has 0 spiro atoms. The maximum Gasteiger partial charge on any atom is 0.122 e. The van der Waals surface area contributed by atoms with Crippen LogP contribution in [0.25, 0.3) is 0 Å². The Kier molecular flexibility index (Phi) is 5.54. The van der Waals surface area contributed by atoms with Crippen LogP contribution in [-0.4, -0.2) is 31.1 Å². The van der Waals surface area contributed by atoms with Gasteiger partial charge in [0.2, 0.25) is 0 Å². The predicted octanol–water partition coefficient (Wildman–Crippen LogP) is 5.48. The van der Waals surface area contributed by atoms with Crippen LogP contribution in [0.3, 0.4) is 0 Å². The Morgan fingerprint density at radius 3 is 2.12 bits per heavy atom. The van der Waals surface area contributed by atoms with E-state index in [0.29, 0.717) is 11.3 Å². The second kappa shape index (κ2) is 7.47. The molecule has 1 saturated carbocycles. The molecule has 0 radical (unpaired) electrons. The highest BCUT2D eigenvalue weighted by Gasteiger charge is 2.33. The molecule has 1 saturated heterocycles. The van der Waals surface area contributed by atoms with Gasteiger partial charge in [-0.05, 0) is 80.5 Å². The van der Waals surface area contributed by atoms with Crippen molar-refractivity contribution in [1.29, 1.82) is 0 Å². The van der Waals surface area contributed by atoms with Gasteiger partial charge < -0.3 is 9.64 Å². The van der Waals surface area contributed by atoms with Gasteiger partial charge in [0.15, 0.2) is 0 Å². The molecule has 0 unspecified atom stereocenters. The lowest BCUT2D eigenvalue weighted by Gasteiger charge is -2.43.